The first-order chi connectivity index (χ1) is 5.68. The second-order valence-corrected chi connectivity index (χ2v) is 3.52. The minimum atomic E-state index is 0.830. The molecule has 0 atom stereocenters. The van der Waals surface area contributed by atoms with Crippen molar-refractivity contribution in [1.29, 1.82) is 0 Å². The predicted molar refractivity (Wildman–Crippen MR) is 52.7 cm³/mol. The molecule has 0 aliphatic carbocycles. The first-order valence-corrected chi connectivity index (χ1v) is 4.27. The Morgan fingerprint density at radius 3 is 2.83 bits per heavy atom. The van der Waals surface area contributed by atoms with Crippen LogP contribution in [0.1, 0.15) is 5.56 Å². The number of hydrogen-bond donors (Lipinski definition) is 0. The number of aryl methyl sites for hydroxylation is 2. The van der Waals surface area contributed by atoms with E-state index in [1.165, 1.54) is 11.1 Å². The molecule has 0 radical (unpaired) electrons. The SMILES string of the molecule is Cc1ccc2c(c1)c(Cl)cn2C. The van der Waals surface area contributed by atoms with Gasteiger partial charge in [0.05, 0.1) is 5.02 Å². The normalized spacial score (nSPS) is 10.9. The number of nitrogens with zero attached hydrogens (tertiary/aromatic N) is 1. The highest BCUT2D eigenvalue weighted by Crippen LogP contribution is 2.25. The van der Waals surface area contributed by atoms with Crippen LogP contribution in [-0.4, -0.2) is 4.57 Å². The van der Waals surface area contributed by atoms with Gasteiger partial charge in [-0.25, -0.2) is 0 Å². The van der Waals surface area contributed by atoms with Crippen LogP contribution in [0, 0.1) is 6.92 Å². The van der Waals surface area contributed by atoms with Gasteiger partial charge >= 0.3 is 0 Å². The van der Waals surface area contributed by atoms with E-state index in [1.54, 1.807) is 0 Å². The highest BCUT2D eigenvalue weighted by molar-refractivity contribution is 6.35. The van der Waals surface area contributed by atoms with Crippen LogP contribution in [0.5, 0.6) is 0 Å². The summed E-state index contributed by atoms with van der Waals surface area (Å²) < 4.78 is 2.04. The minimum absolute atomic E-state index is 0.830. The lowest BCUT2D eigenvalue weighted by Crippen LogP contribution is -1.82. The summed E-state index contributed by atoms with van der Waals surface area (Å²) in [4.78, 5) is 0. The summed E-state index contributed by atoms with van der Waals surface area (Å²) >= 11 is 6.03. The Kier molecular flexibility index (Phi) is 1.62. The van der Waals surface area contributed by atoms with Crippen LogP contribution in [0.15, 0.2) is 24.4 Å². The molecule has 0 bridgehead atoms. The second-order valence-electron chi connectivity index (χ2n) is 3.11. The van der Waals surface area contributed by atoms with Gasteiger partial charge in [0.15, 0.2) is 0 Å². The van der Waals surface area contributed by atoms with E-state index in [9.17, 15) is 0 Å². The molecule has 0 amide bonds. The summed E-state index contributed by atoms with van der Waals surface area (Å²) in [7, 11) is 2.00. The average molecular weight is 180 g/mol. The van der Waals surface area contributed by atoms with Crippen molar-refractivity contribution in [2.24, 2.45) is 7.05 Å². The maximum Gasteiger partial charge on any atom is 0.0661 e. The van der Waals surface area contributed by atoms with Crippen LogP contribution in [0.2, 0.25) is 5.02 Å². The van der Waals surface area contributed by atoms with E-state index < -0.39 is 0 Å². The van der Waals surface area contributed by atoms with Crippen LogP contribution >= 0.6 is 11.6 Å². The van der Waals surface area contributed by atoms with Crippen LogP contribution in [0.4, 0.5) is 0 Å². The molecule has 0 saturated carbocycles. The Morgan fingerprint density at radius 1 is 1.33 bits per heavy atom. The van der Waals surface area contributed by atoms with Crippen molar-refractivity contribution < 1.29 is 0 Å². The molecule has 1 nitrogen and oxygen atoms in total. The molecule has 1 aromatic carbocycles. The summed E-state index contributed by atoms with van der Waals surface area (Å²) in [5.41, 5.74) is 2.43. The summed E-state index contributed by atoms with van der Waals surface area (Å²) in [6.07, 6.45) is 1.94. The Labute approximate surface area is 76.6 Å². The number of aromatic nitrogens is 1. The molecule has 1 heterocycles. The fourth-order valence-electron chi connectivity index (χ4n) is 1.46. The van der Waals surface area contributed by atoms with Crippen LogP contribution in [0.25, 0.3) is 10.9 Å². The minimum Gasteiger partial charge on any atom is -0.349 e. The van der Waals surface area contributed by atoms with E-state index in [4.69, 9.17) is 11.6 Å². The summed E-state index contributed by atoms with van der Waals surface area (Å²) in [5.74, 6) is 0. The first kappa shape index (κ1) is 7.69. The Morgan fingerprint density at radius 2 is 2.08 bits per heavy atom. The van der Waals surface area contributed by atoms with Gasteiger partial charge in [0, 0.05) is 24.1 Å². The molecule has 12 heavy (non-hydrogen) atoms. The molecule has 0 aliphatic heterocycles. The fourth-order valence-corrected chi connectivity index (χ4v) is 1.76. The summed E-state index contributed by atoms with van der Waals surface area (Å²) in [6, 6.07) is 6.30. The smallest absolute Gasteiger partial charge is 0.0661 e. The van der Waals surface area contributed by atoms with Gasteiger partial charge in [0.2, 0.25) is 0 Å². The number of halogens is 1. The van der Waals surface area contributed by atoms with E-state index in [0.29, 0.717) is 0 Å². The topological polar surface area (TPSA) is 4.93 Å². The Balaban J connectivity index is 2.90. The highest BCUT2D eigenvalue weighted by Gasteiger charge is 2.02. The molecule has 0 aliphatic rings. The zero-order valence-electron chi connectivity index (χ0n) is 7.13. The fraction of sp³-hybridized carbons (Fsp3) is 0.200. The molecule has 1 aromatic heterocycles. The largest absolute Gasteiger partial charge is 0.349 e. The Bertz CT molecular complexity index is 429. The molecule has 2 rings (SSSR count). The number of benzene rings is 1. The van der Waals surface area contributed by atoms with E-state index >= 15 is 0 Å². The van der Waals surface area contributed by atoms with E-state index in [1.807, 2.05) is 17.8 Å². The molecule has 0 spiro atoms. The molecule has 0 unspecified atom stereocenters. The lowest BCUT2D eigenvalue weighted by atomic mass is 10.2. The lowest BCUT2D eigenvalue weighted by molar-refractivity contribution is 0.969. The van der Waals surface area contributed by atoms with Gasteiger partial charge in [-0.2, -0.15) is 0 Å². The average Bonchev–Trinajstić information content (AvgIpc) is 2.28. The summed E-state index contributed by atoms with van der Waals surface area (Å²) in [6.45, 7) is 2.07. The number of rotatable bonds is 0. The predicted octanol–water partition coefficient (Wildman–Crippen LogP) is 3.14. The van der Waals surface area contributed by atoms with E-state index in [-0.39, 0.29) is 0 Å². The summed E-state index contributed by atoms with van der Waals surface area (Å²) in [5, 5.41) is 1.97. The third kappa shape index (κ3) is 1.01. The van der Waals surface area contributed by atoms with Crippen LogP contribution in [0.3, 0.4) is 0 Å². The molecular weight excluding hydrogens is 170 g/mol. The molecule has 0 saturated heterocycles. The van der Waals surface area contributed by atoms with Crippen molar-refractivity contribution in [2.45, 2.75) is 6.92 Å². The van der Waals surface area contributed by atoms with Gasteiger partial charge in [0.1, 0.15) is 0 Å². The zero-order valence-corrected chi connectivity index (χ0v) is 7.89. The lowest BCUT2D eigenvalue weighted by Gasteiger charge is -1.95. The van der Waals surface area contributed by atoms with Crippen molar-refractivity contribution in [3.05, 3.63) is 35.0 Å². The quantitative estimate of drug-likeness (QED) is 0.586. The molecular formula is C10H10ClN. The number of hydrogen-bond acceptors (Lipinski definition) is 0. The van der Waals surface area contributed by atoms with Crippen molar-refractivity contribution in [3.63, 3.8) is 0 Å². The number of fused-ring (bicyclic) bond motifs is 1. The van der Waals surface area contributed by atoms with Gasteiger partial charge in [-0.3, -0.25) is 0 Å². The van der Waals surface area contributed by atoms with Crippen molar-refractivity contribution in [1.82, 2.24) is 4.57 Å². The van der Waals surface area contributed by atoms with Crippen LogP contribution in [-0.2, 0) is 7.05 Å². The van der Waals surface area contributed by atoms with Gasteiger partial charge in [-0.15, -0.1) is 0 Å². The third-order valence-electron chi connectivity index (χ3n) is 2.10. The van der Waals surface area contributed by atoms with Gasteiger partial charge in [0.25, 0.3) is 0 Å². The van der Waals surface area contributed by atoms with E-state index in [2.05, 4.69) is 25.1 Å². The monoisotopic (exact) mass is 179 g/mol. The zero-order chi connectivity index (χ0) is 8.72. The van der Waals surface area contributed by atoms with Gasteiger partial charge < -0.3 is 4.57 Å². The molecule has 0 N–H and O–H groups in total. The maximum atomic E-state index is 6.03. The van der Waals surface area contributed by atoms with Crippen molar-refractivity contribution in [2.75, 3.05) is 0 Å². The van der Waals surface area contributed by atoms with Crippen LogP contribution < -0.4 is 0 Å². The molecule has 0 fully saturated rings. The highest BCUT2D eigenvalue weighted by atomic mass is 35.5. The third-order valence-corrected chi connectivity index (χ3v) is 2.40. The Hall–Kier alpha value is -0.950. The van der Waals surface area contributed by atoms with E-state index in [0.717, 1.165) is 10.4 Å². The first-order valence-electron chi connectivity index (χ1n) is 3.89. The van der Waals surface area contributed by atoms with Gasteiger partial charge in [-0.1, -0.05) is 23.2 Å². The molecule has 2 aromatic rings. The van der Waals surface area contributed by atoms with Gasteiger partial charge in [-0.05, 0) is 19.1 Å². The molecule has 2 heteroatoms. The molecule has 62 valence electrons. The second kappa shape index (κ2) is 2.53. The van der Waals surface area contributed by atoms with Crippen molar-refractivity contribution in [3.8, 4) is 0 Å². The maximum absolute atomic E-state index is 6.03. The van der Waals surface area contributed by atoms with Crippen molar-refractivity contribution >= 4 is 22.5 Å². The standard InChI is InChI=1S/C10H10ClN/c1-7-3-4-10-8(5-7)9(11)6-12(10)2/h3-6H,1-2H3.